The highest BCUT2D eigenvalue weighted by molar-refractivity contribution is 7.15. The number of imidazole rings is 1. The minimum atomic E-state index is -4.43. The number of alkyl halides is 3. The van der Waals surface area contributed by atoms with Crippen LogP contribution in [0.5, 0.6) is 0 Å². The molecule has 2 aromatic heterocycles. The lowest BCUT2D eigenvalue weighted by molar-refractivity contribution is -0.137. The molecule has 0 spiro atoms. The summed E-state index contributed by atoms with van der Waals surface area (Å²) in [4.78, 5) is 17.5. The number of rotatable bonds is 3. The highest BCUT2D eigenvalue weighted by atomic mass is 32.1. The first-order valence-electron chi connectivity index (χ1n) is 8.02. The van der Waals surface area contributed by atoms with E-state index in [0.717, 1.165) is 12.1 Å². The number of thiazole rings is 1. The Bertz CT molecular complexity index is 1140. The van der Waals surface area contributed by atoms with Crippen molar-refractivity contribution in [3.8, 4) is 11.3 Å². The van der Waals surface area contributed by atoms with Crippen LogP contribution in [0.4, 0.5) is 23.2 Å². The maximum absolute atomic E-state index is 13.1. The van der Waals surface area contributed by atoms with Crippen LogP contribution in [0.1, 0.15) is 16.1 Å². The first-order chi connectivity index (χ1) is 13.3. The Morgan fingerprint density at radius 3 is 2.36 bits per heavy atom. The van der Waals surface area contributed by atoms with Crippen molar-refractivity contribution in [1.82, 2.24) is 9.38 Å². The fraction of sp³-hybridized carbons (Fsp3) is 0.0526. The van der Waals surface area contributed by atoms with Gasteiger partial charge < -0.3 is 5.32 Å². The van der Waals surface area contributed by atoms with Gasteiger partial charge in [-0.25, -0.2) is 9.37 Å². The van der Waals surface area contributed by atoms with Crippen LogP contribution in [-0.2, 0) is 6.18 Å². The van der Waals surface area contributed by atoms with Gasteiger partial charge in [-0.3, -0.25) is 9.20 Å². The summed E-state index contributed by atoms with van der Waals surface area (Å²) in [5, 5.41) is 4.18. The van der Waals surface area contributed by atoms with Gasteiger partial charge in [-0.1, -0.05) is 0 Å². The molecule has 4 rings (SSSR count). The van der Waals surface area contributed by atoms with Gasteiger partial charge in [0.1, 0.15) is 11.5 Å². The molecule has 28 heavy (non-hydrogen) atoms. The van der Waals surface area contributed by atoms with E-state index in [0.29, 0.717) is 21.9 Å². The second kappa shape index (κ2) is 6.75. The van der Waals surface area contributed by atoms with Crippen LogP contribution >= 0.6 is 11.3 Å². The largest absolute Gasteiger partial charge is 0.416 e. The second-order valence-electron chi connectivity index (χ2n) is 5.94. The Labute approximate surface area is 160 Å². The third-order valence-electron chi connectivity index (χ3n) is 4.05. The molecule has 0 bridgehead atoms. The normalized spacial score (nSPS) is 11.7. The molecule has 0 aliphatic rings. The number of aromatic nitrogens is 2. The molecule has 142 valence electrons. The van der Waals surface area contributed by atoms with Crippen molar-refractivity contribution in [3.05, 3.63) is 77.2 Å². The quantitative estimate of drug-likeness (QED) is 0.459. The molecule has 1 N–H and O–H groups in total. The SMILES string of the molecule is O=C(Nc1ccc(C(F)(F)F)cc1)c1csc2nc(-c3ccc(F)cc3)cn12. The number of hydrogen-bond acceptors (Lipinski definition) is 3. The highest BCUT2D eigenvalue weighted by Crippen LogP contribution is 2.30. The molecule has 4 aromatic rings. The van der Waals surface area contributed by atoms with Crippen molar-refractivity contribution in [2.45, 2.75) is 6.18 Å². The van der Waals surface area contributed by atoms with Crippen LogP contribution in [0.3, 0.4) is 0 Å². The Hall–Kier alpha value is -3.20. The van der Waals surface area contributed by atoms with Crippen molar-refractivity contribution in [2.24, 2.45) is 0 Å². The Balaban J connectivity index is 1.58. The van der Waals surface area contributed by atoms with Crippen molar-refractivity contribution >= 4 is 27.9 Å². The summed E-state index contributed by atoms with van der Waals surface area (Å²) < 4.78 is 52.5. The standard InChI is InChI=1S/C19H11F4N3OS/c20-13-5-1-11(2-6-13)15-9-26-16(10-28-18(26)25-15)17(27)24-14-7-3-12(4-8-14)19(21,22)23/h1-10H,(H,24,27). The lowest BCUT2D eigenvalue weighted by Gasteiger charge is -2.08. The minimum absolute atomic E-state index is 0.247. The number of benzene rings is 2. The number of nitrogens with one attached hydrogen (secondary N) is 1. The molecule has 0 aliphatic heterocycles. The molecule has 0 fully saturated rings. The molecular formula is C19H11F4N3OS. The Morgan fingerprint density at radius 1 is 1.04 bits per heavy atom. The molecule has 1 amide bonds. The topological polar surface area (TPSA) is 46.4 Å². The van der Waals surface area contributed by atoms with Crippen molar-refractivity contribution in [3.63, 3.8) is 0 Å². The first-order valence-corrected chi connectivity index (χ1v) is 8.90. The van der Waals surface area contributed by atoms with Crippen LogP contribution in [0, 0.1) is 5.82 Å². The Kier molecular flexibility index (Phi) is 4.38. The van der Waals surface area contributed by atoms with Gasteiger partial charge in [0.15, 0.2) is 4.96 Å². The van der Waals surface area contributed by atoms with E-state index < -0.39 is 17.6 Å². The van der Waals surface area contributed by atoms with Gasteiger partial charge in [0.2, 0.25) is 0 Å². The average Bonchev–Trinajstić information content (AvgIpc) is 3.22. The van der Waals surface area contributed by atoms with E-state index in [9.17, 15) is 22.4 Å². The summed E-state index contributed by atoms with van der Waals surface area (Å²) in [6.45, 7) is 0. The van der Waals surface area contributed by atoms with E-state index in [1.165, 1.54) is 35.6 Å². The smallest absolute Gasteiger partial charge is 0.321 e. The van der Waals surface area contributed by atoms with E-state index in [4.69, 9.17) is 0 Å². The van der Waals surface area contributed by atoms with Crippen LogP contribution in [-0.4, -0.2) is 15.3 Å². The molecule has 0 radical (unpaired) electrons. The van der Waals surface area contributed by atoms with Gasteiger partial charge in [0.05, 0.1) is 11.3 Å². The molecule has 0 saturated heterocycles. The number of hydrogen-bond donors (Lipinski definition) is 1. The molecule has 4 nitrogen and oxygen atoms in total. The average molecular weight is 405 g/mol. The molecular weight excluding hydrogens is 394 g/mol. The maximum atomic E-state index is 13.1. The molecule has 2 heterocycles. The third kappa shape index (κ3) is 3.48. The molecule has 9 heteroatoms. The first kappa shape index (κ1) is 18.2. The van der Waals surface area contributed by atoms with Crippen LogP contribution in [0.15, 0.2) is 60.1 Å². The molecule has 0 aliphatic carbocycles. The Morgan fingerprint density at radius 2 is 1.71 bits per heavy atom. The fourth-order valence-corrected chi connectivity index (χ4v) is 3.50. The number of carbonyl (C=O) groups is 1. The fourth-order valence-electron chi connectivity index (χ4n) is 2.64. The third-order valence-corrected chi connectivity index (χ3v) is 4.89. The summed E-state index contributed by atoms with van der Waals surface area (Å²) in [5.74, 6) is -0.838. The number of carbonyl (C=O) groups excluding carboxylic acids is 1. The lowest BCUT2D eigenvalue weighted by Crippen LogP contribution is -2.14. The zero-order valence-electron chi connectivity index (χ0n) is 14.0. The van der Waals surface area contributed by atoms with Gasteiger partial charge in [-0.15, -0.1) is 11.3 Å². The predicted octanol–water partition coefficient (Wildman–Crippen LogP) is 5.47. The summed E-state index contributed by atoms with van der Waals surface area (Å²) in [5.41, 5.74) is 1.03. The van der Waals surface area contributed by atoms with Gasteiger partial charge in [0.25, 0.3) is 5.91 Å². The van der Waals surface area contributed by atoms with Crippen molar-refractivity contribution in [1.29, 1.82) is 0 Å². The minimum Gasteiger partial charge on any atom is -0.321 e. The van der Waals surface area contributed by atoms with Gasteiger partial charge in [-0.2, -0.15) is 13.2 Å². The number of fused-ring (bicyclic) bond motifs is 1. The van der Waals surface area contributed by atoms with E-state index in [1.54, 1.807) is 28.1 Å². The van der Waals surface area contributed by atoms with Crippen LogP contribution in [0.25, 0.3) is 16.2 Å². The number of anilines is 1. The summed E-state index contributed by atoms with van der Waals surface area (Å²) >= 11 is 1.25. The van der Waals surface area contributed by atoms with E-state index in [1.807, 2.05) is 0 Å². The predicted molar refractivity (Wildman–Crippen MR) is 97.9 cm³/mol. The summed E-state index contributed by atoms with van der Waals surface area (Å²) in [6.07, 6.45) is -2.78. The number of amides is 1. The van der Waals surface area contributed by atoms with Crippen molar-refractivity contribution < 1.29 is 22.4 Å². The maximum Gasteiger partial charge on any atom is 0.416 e. The van der Waals surface area contributed by atoms with Crippen LogP contribution in [0.2, 0.25) is 0 Å². The molecule has 0 unspecified atom stereocenters. The highest BCUT2D eigenvalue weighted by Gasteiger charge is 2.30. The summed E-state index contributed by atoms with van der Waals surface area (Å²) in [6, 6.07) is 10.0. The lowest BCUT2D eigenvalue weighted by atomic mass is 10.2. The molecule has 0 atom stereocenters. The number of halogens is 4. The van der Waals surface area contributed by atoms with Gasteiger partial charge >= 0.3 is 6.18 Å². The zero-order valence-corrected chi connectivity index (χ0v) is 14.8. The second-order valence-corrected chi connectivity index (χ2v) is 6.77. The summed E-state index contributed by atoms with van der Waals surface area (Å²) in [7, 11) is 0. The van der Waals surface area contributed by atoms with Gasteiger partial charge in [0, 0.05) is 22.8 Å². The molecule has 2 aromatic carbocycles. The number of nitrogens with zero attached hydrogens (tertiary/aromatic N) is 2. The van der Waals surface area contributed by atoms with Crippen LogP contribution < -0.4 is 5.32 Å². The van der Waals surface area contributed by atoms with E-state index >= 15 is 0 Å². The zero-order chi connectivity index (χ0) is 19.9. The monoisotopic (exact) mass is 405 g/mol. The van der Waals surface area contributed by atoms with E-state index in [-0.39, 0.29) is 11.5 Å². The van der Waals surface area contributed by atoms with E-state index in [2.05, 4.69) is 10.3 Å². The van der Waals surface area contributed by atoms with Gasteiger partial charge in [-0.05, 0) is 48.5 Å². The molecule has 0 saturated carbocycles. The van der Waals surface area contributed by atoms with Crippen molar-refractivity contribution in [2.75, 3.05) is 5.32 Å².